The van der Waals surface area contributed by atoms with E-state index in [-0.39, 0.29) is 12.6 Å². The van der Waals surface area contributed by atoms with E-state index >= 15 is 0 Å². The van der Waals surface area contributed by atoms with Gasteiger partial charge < -0.3 is 14.9 Å². The van der Waals surface area contributed by atoms with Crippen LogP contribution in [0.5, 0.6) is 0 Å². The first-order valence-corrected chi connectivity index (χ1v) is 3.55. The topological polar surface area (TPSA) is 49.7 Å². The van der Waals surface area contributed by atoms with Crippen LogP contribution in [-0.2, 0) is 4.74 Å². The van der Waals surface area contributed by atoms with Crippen molar-refractivity contribution in [2.45, 2.75) is 31.1 Å². The lowest BCUT2D eigenvalue weighted by molar-refractivity contribution is -0.0839. The molecule has 0 amide bonds. The van der Waals surface area contributed by atoms with Gasteiger partial charge in [-0.25, -0.2) is 0 Å². The van der Waals surface area contributed by atoms with E-state index in [0.717, 1.165) is 0 Å². The quantitative estimate of drug-likeness (QED) is 0.439. The van der Waals surface area contributed by atoms with Crippen LogP contribution in [-0.4, -0.2) is 42.4 Å². The molecule has 0 aliphatic carbocycles. The molecule has 1 rings (SSSR count). The molecule has 1 saturated heterocycles. The summed E-state index contributed by atoms with van der Waals surface area (Å²) in [7, 11) is 1.89. The standard InChI is InChI=1S/C6H13BO3/c1-6(3-8)4(9)2-5(7)10-6/h4-5,8-9H,2-3,7H2,1H3/t4?,5-,6-/m1/s1. The first kappa shape index (κ1) is 8.05. The van der Waals surface area contributed by atoms with Crippen molar-refractivity contribution in [3.8, 4) is 0 Å². The monoisotopic (exact) mass is 144 g/mol. The molecular formula is C6H13BO3. The van der Waals surface area contributed by atoms with Crippen molar-refractivity contribution in [1.29, 1.82) is 0 Å². The molecule has 0 saturated carbocycles. The first-order valence-electron chi connectivity index (χ1n) is 3.55. The molecule has 0 aromatic rings. The zero-order valence-corrected chi connectivity index (χ0v) is 6.37. The number of aliphatic hydroxyl groups is 2. The summed E-state index contributed by atoms with van der Waals surface area (Å²) in [5.41, 5.74) is -0.723. The SMILES string of the molecule is B[C@H]1CC(O)[C@@](C)(CO)O1. The Hall–Kier alpha value is -0.0551. The van der Waals surface area contributed by atoms with Gasteiger partial charge in [-0.3, -0.25) is 0 Å². The molecule has 4 heteroatoms. The van der Waals surface area contributed by atoms with Crippen LogP contribution in [0.2, 0.25) is 0 Å². The maximum Gasteiger partial charge on any atom is 0.139 e. The zero-order valence-electron chi connectivity index (χ0n) is 6.37. The smallest absolute Gasteiger partial charge is 0.139 e. The van der Waals surface area contributed by atoms with Crippen molar-refractivity contribution >= 4 is 7.85 Å². The van der Waals surface area contributed by atoms with Gasteiger partial charge in [-0.2, -0.15) is 0 Å². The molecule has 1 aliphatic rings. The molecule has 1 fully saturated rings. The first-order chi connectivity index (χ1) is 4.58. The van der Waals surface area contributed by atoms with E-state index < -0.39 is 11.7 Å². The van der Waals surface area contributed by atoms with E-state index in [4.69, 9.17) is 9.84 Å². The number of hydrogen-bond donors (Lipinski definition) is 2. The zero-order chi connectivity index (χ0) is 7.78. The van der Waals surface area contributed by atoms with Gasteiger partial charge in [-0.05, 0) is 13.3 Å². The fourth-order valence-corrected chi connectivity index (χ4v) is 1.29. The molecule has 0 aromatic carbocycles. The third-order valence-corrected chi connectivity index (χ3v) is 2.04. The van der Waals surface area contributed by atoms with Crippen molar-refractivity contribution in [3.05, 3.63) is 0 Å². The van der Waals surface area contributed by atoms with Crippen molar-refractivity contribution in [1.82, 2.24) is 0 Å². The lowest BCUT2D eigenvalue weighted by atomic mass is 9.93. The summed E-state index contributed by atoms with van der Waals surface area (Å²) < 4.78 is 5.31. The molecule has 58 valence electrons. The van der Waals surface area contributed by atoms with Gasteiger partial charge in [0.2, 0.25) is 0 Å². The van der Waals surface area contributed by atoms with Crippen LogP contribution >= 0.6 is 0 Å². The molecule has 2 N–H and O–H groups in total. The highest BCUT2D eigenvalue weighted by atomic mass is 16.5. The van der Waals surface area contributed by atoms with Gasteiger partial charge in [0, 0.05) is 6.00 Å². The van der Waals surface area contributed by atoms with Gasteiger partial charge in [-0.1, -0.05) is 0 Å². The van der Waals surface area contributed by atoms with Gasteiger partial charge in [0.15, 0.2) is 0 Å². The van der Waals surface area contributed by atoms with Gasteiger partial charge in [-0.15, -0.1) is 0 Å². The van der Waals surface area contributed by atoms with Crippen LogP contribution in [0.3, 0.4) is 0 Å². The highest BCUT2D eigenvalue weighted by molar-refractivity contribution is 6.11. The second-order valence-electron chi connectivity index (χ2n) is 3.15. The van der Waals surface area contributed by atoms with Crippen LogP contribution in [0.25, 0.3) is 0 Å². The second-order valence-corrected chi connectivity index (χ2v) is 3.15. The summed E-state index contributed by atoms with van der Waals surface area (Å²) in [6, 6.07) is 0.0622. The average molecular weight is 144 g/mol. The van der Waals surface area contributed by atoms with Crippen molar-refractivity contribution in [2.75, 3.05) is 6.61 Å². The summed E-state index contributed by atoms with van der Waals surface area (Å²) in [5, 5.41) is 18.2. The molecule has 10 heavy (non-hydrogen) atoms. The average Bonchev–Trinajstić information content (AvgIpc) is 2.09. The normalized spacial score (nSPS) is 47.9. The molecule has 0 bridgehead atoms. The minimum absolute atomic E-state index is 0.0622. The number of ether oxygens (including phenoxy) is 1. The molecule has 0 aromatic heterocycles. The Kier molecular flexibility index (Phi) is 2.03. The highest BCUT2D eigenvalue weighted by Gasteiger charge is 2.41. The van der Waals surface area contributed by atoms with Crippen LogP contribution < -0.4 is 0 Å². The minimum Gasteiger partial charge on any atom is -0.393 e. The Bertz CT molecular complexity index is 130. The van der Waals surface area contributed by atoms with Gasteiger partial charge >= 0.3 is 0 Å². The fourth-order valence-electron chi connectivity index (χ4n) is 1.29. The molecule has 1 unspecified atom stereocenters. The van der Waals surface area contributed by atoms with Crippen LogP contribution in [0.15, 0.2) is 0 Å². The molecule has 0 radical (unpaired) electrons. The Balaban J connectivity index is 2.61. The summed E-state index contributed by atoms with van der Waals surface area (Å²) in [4.78, 5) is 0. The molecule has 1 heterocycles. The number of aliphatic hydroxyl groups excluding tert-OH is 2. The lowest BCUT2D eigenvalue weighted by Crippen LogP contribution is -2.39. The summed E-state index contributed by atoms with van der Waals surface area (Å²) in [6.45, 7) is 1.61. The molecule has 3 atom stereocenters. The van der Waals surface area contributed by atoms with Crippen LogP contribution in [0.1, 0.15) is 13.3 Å². The highest BCUT2D eigenvalue weighted by Crippen LogP contribution is 2.28. The van der Waals surface area contributed by atoms with E-state index in [9.17, 15) is 5.11 Å². The summed E-state index contributed by atoms with van der Waals surface area (Å²) in [6.07, 6.45) is 0.101. The van der Waals surface area contributed by atoms with Gasteiger partial charge in [0.1, 0.15) is 13.4 Å². The van der Waals surface area contributed by atoms with E-state index in [1.54, 1.807) is 6.92 Å². The van der Waals surface area contributed by atoms with Crippen molar-refractivity contribution < 1.29 is 14.9 Å². The van der Waals surface area contributed by atoms with E-state index in [0.29, 0.717) is 6.42 Å². The summed E-state index contributed by atoms with van der Waals surface area (Å²) in [5.74, 6) is 0. The van der Waals surface area contributed by atoms with Crippen LogP contribution in [0, 0.1) is 0 Å². The Morgan fingerprint density at radius 2 is 2.40 bits per heavy atom. The van der Waals surface area contributed by atoms with Crippen LogP contribution in [0.4, 0.5) is 0 Å². The minimum atomic E-state index is -0.723. The van der Waals surface area contributed by atoms with Gasteiger partial charge in [0.25, 0.3) is 0 Å². The Labute approximate surface area is 61.4 Å². The molecule has 1 aliphatic heterocycles. The molecule has 3 nitrogen and oxygen atoms in total. The van der Waals surface area contributed by atoms with E-state index in [1.165, 1.54) is 0 Å². The maximum atomic E-state index is 9.33. The molecule has 0 spiro atoms. The number of hydrogen-bond acceptors (Lipinski definition) is 3. The molecular weight excluding hydrogens is 131 g/mol. The third-order valence-electron chi connectivity index (χ3n) is 2.04. The Morgan fingerprint density at radius 1 is 1.80 bits per heavy atom. The van der Waals surface area contributed by atoms with Gasteiger partial charge in [0.05, 0.1) is 12.7 Å². The largest absolute Gasteiger partial charge is 0.393 e. The van der Waals surface area contributed by atoms with E-state index in [2.05, 4.69) is 0 Å². The summed E-state index contributed by atoms with van der Waals surface area (Å²) >= 11 is 0. The third kappa shape index (κ3) is 1.19. The lowest BCUT2D eigenvalue weighted by Gasteiger charge is -2.24. The fraction of sp³-hybridized carbons (Fsp3) is 1.00. The Morgan fingerprint density at radius 3 is 2.60 bits per heavy atom. The van der Waals surface area contributed by atoms with Crippen molar-refractivity contribution in [3.63, 3.8) is 0 Å². The number of rotatable bonds is 1. The van der Waals surface area contributed by atoms with Crippen molar-refractivity contribution in [2.24, 2.45) is 0 Å². The second kappa shape index (κ2) is 2.53. The van der Waals surface area contributed by atoms with E-state index in [1.807, 2.05) is 7.85 Å². The predicted molar refractivity (Wildman–Crippen MR) is 39.5 cm³/mol. The maximum absolute atomic E-state index is 9.33. The predicted octanol–water partition coefficient (Wildman–Crippen LogP) is -1.52.